The van der Waals surface area contributed by atoms with E-state index >= 15 is 0 Å². The second-order valence-electron chi connectivity index (χ2n) is 5.97. The van der Waals surface area contributed by atoms with E-state index in [0.29, 0.717) is 42.4 Å². The summed E-state index contributed by atoms with van der Waals surface area (Å²) in [5.74, 6) is 0.758. The van der Waals surface area contributed by atoms with E-state index in [9.17, 15) is 9.59 Å². The van der Waals surface area contributed by atoms with Crippen molar-refractivity contribution in [1.82, 2.24) is 10.6 Å². The molecular weight excluding hydrogens is 348 g/mol. The lowest BCUT2D eigenvalue weighted by atomic mass is 9.93. The first kappa shape index (κ1) is 20.6. The minimum absolute atomic E-state index is 0.260. The number of urea groups is 1. The molecule has 1 aliphatic rings. The van der Waals surface area contributed by atoms with Crippen molar-refractivity contribution < 1.29 is 23.8 Å². The van der Waals surface area contributed by atoms with E-state index in [1.165, 1.54) is 0 Å². The Morgan fingerprint density at radius 1 is 1.04 bits per heavy atom. The Bertz CT molecular complexity index is 714. The number of benzene rings is 1. The van der Waals surface area contributed by atoms with Gasteiger partial charge in [-0.3, -0.25) is 0 Å². The summed E-state index contributed by atoms with van der Waals surface area (Å²) < 4.78 is 16.5. The van der Waals surface area contributed by atoms with E-state index in [4.69, 9.17) is 14.2 Å². The van der Waals surface area contributed by atoms with Crippen LogP contribution in [-0.4, -0.2) is 31.8 Å². The molecule has 1 aromatic carbocycles. The first-order chi connectivity index (χ1) is 13.0. The molecule has 0 aliphatic carbocycles. The zero-order chi connectivity index (χ0) is 19.8. The molecule has 0 aromatic heterocycles. The van der Waals surface area contributed by atoms with Crippen molar-refractivity contribution in [1.29, 1.82) is 0 Å². The minimum Gasteiger partial charge on any atom is -0.490 e. The molecule has 2 N–H and O–H groups in total. The molecule has 7 heteroatoms. The molecule has 1 atom stereocenters. The second-order valence-corrected chi connectivity index (χ2v) is 5.97. The predicted octanol–water partition coefficient (Wildman–Crippen LogP) is 3.46. The quantitative estimate of drug-likeness (QED) is 0.645. The average Bonchev–Trinajstić information content (AvgIpc) is 2.63. The number of rotatable bonds is 9. The summed E-state index contributed by atoms with van der Waals surface area (Å²) >= 11 is 0. The Hall–Kier alpha value is -2.70. The smallest absolute Gasteiger partial charge is 0.338 e. The predicted molar refractivity (Wildman–Crippen MR) is 102 cm³/mol. The van der Waals surface area contributed by atoms with Crippen molar-refractivity contribution in [2.45, 2.75) is 46.6 Å². The van der Waals surface area contributed by atoms with Crippen molar-refractivity contribution >= 4 is 12.0 Å². The van der Waals surface area contributed by atoms with Crippen LogP contribution < -0.4 is 20.1 Å². The number of hydrogen-bond donors (Lipinski definition) is 2. The lowest BCUT2D eigenvalue weighted by molar-refractivity contribution is -0.139. The number of hydrogen-bond acceptors (Lipinski definition) is 5. The summed E-state index contributed by atoms with van der Waals surface area (Å²) in [6.45, 7) is 8.78. The molecule has 7 nitrogen and oxygen atoms in total. The van der Waals surface area contributed by atoms with Crippen molar-refractivity contribution in [3.63, 3.8) is 0 Å². The number of allylic oxidation sites excluding steroid dienone is 1. The van der Waals surface area contributed by atoms with Gasteiger partial charge in [0.15, 0.2) is 11.5 Å². The van der Waals surface area contributed by atoms with Gasteiger partial charge in [0.25, 0.3) is 0 Å². The maximum absolute atomic E-state index is 12.6. The van der Waals surface area contributed by atoms with E-state index in [-0.39, 0.29) is 12.6 Å². The van der Waals surface area contributed by atoms with Gasteiger partial charge in [0.1, 0.15) is 0 Å². The fourth-order valence-electron chi connectivity index (χ4n) is 3.01. The fraction of sp³-hybridized carbons (Fsp3) is 0.500. The van der Waals surface area contributed by atoms with E-state index in [2.05, 4.69) is 10.6 Å². The molecular formula is C20H28N2O5. The number of ether oxygens (including phenoxy) is 3. The fourth-order valence-corrected chi connectivity index (χ4v) is 3.01. The van der Waals surface area contributed by atoms with Crippen LogP contribution in [0.5, 0.6) is 11.5 Å². The third-order valence-electron chi connectivity index (χ3n) is 4.05. The maximum Gasteiger partial charge on any atom is 0.338 e. The van der Waals surface area contributed by atoms with Crippen LogP contribution in [0.2, 0.25) is 0 Å². The summed E-state index contributed by atoms with van der Waals surface area (Å²) in [6.07, 6.45) is 1.37. The van der Waals surface area contributed by atoms with Crippen molar-refractivity contribution in [2.75, 3.05) is 19.8 Å². The highest BCUT2D eigenvalue weighted by Gasteiger charge is 2.33. The van der Waals surface area contributed by atoms with Gasteiger partial charge in [-0.15, -0.1) is 0 Å². The molecule has 1 unspecified atom stereocenters. The molecule has 2 amide bonds. The number of esters is 1. The monoisotopic (exact) mass is 376 g/mol. The molecule has 0 bridgehead atoms. The highest BCUT2D eigenvalue weighted by Crippen LogP contribution is 2.35. The van der Waals surface area contributed by atoms with E-state index in [1.54, 1.807) is 19.1 Å². The largest absolute Gasteiger partial charge is 0.490 e. The van der Waals surface area contributed by atoms with Gasteiger partial charge < -0.3 is 24.8 Å². The van der Waals surface area contributed by atoms with E-state index in [1.807, 2.05) is 26.8 Å². The van der Waals surface area contributed by atoms with Gasteiger partial charge in [0, 0.05) is 5.70 Å². The second kappa shape index (κ2) is 9.85. The number of nitrogens with one attached hydrogen (secondary N) is 2. The van der Waals surface area contributed by atoms with E-state index in [0.717, 1.165) is 12.0 Å². The highest BCUT2D eigenvalue weighted by molar-refractivity contribution is 5.95. The number of amides is 2. The van der Waals surface area contributed by atoms with Gasteiger partial charge in [0.05, 0.1) is 31.4 Å². The van der Waals surface area contributed by atoms with Crippen molar-refractivity contribution in [2.24, 2.45) is 0 Å². The molecule has 0 spiro atoms. The van der Waals surface area contributed by atoms with Gasteiger partial charge >= 0.3 is 12.0 Å². The Morgan fingerprint density at radius 2 is 1.74 bits per heavy atom. The molecule has 27 heavy (non-hydrogen) atoms. The zero-order valence-electron chi connectivity index (χ0n) is 16.4. The van der Waals surface area contributed by atoms with Gasteiger partial charge in [-0.2, -0.15) is 0 Å². The van der Waals surface area contributed by atoms with Crippen LogP contribution in [0, 0.1) is 0 Å². The summed E-state index contributed by atoms with van der Waals surface area (Å²) in [6, 6.07) is 4.46. The van der Waals surface area contributed by atoms with Crippen LogP contribution in [0.4, 0.5) is 4.79 Å². The van der Waals surface area contributed by atoms with Gasteiger partial charge in [-0.05, 0) is 44.9 Å². The van der Waals surface area contributed by atoms with Gasteiger partial charge in [-0.25, -0.2) is 9.59 Å². The third kappa shape index (κ3) is 4.93. The Kier molecular flexibility index (Phi) is 7.52. The summed E-state index contributed by atoms with van der Waals surface area (Å²) in [7, 11) is 0. The molecule has 1 heterocycles. The Labute approximate surface area is 160 Å². The molecule has 148 valence electrons. The van der Waals surface area contributed by atoms with Crippen LogP contribution >= 0.6 is 0 Å². The number of carbonyl (C=O) groups excluding carboxylic acids is 2. The SMILES string of the molecule is CCCC1=C(C(=O)OCC)C(c2ccc(OCC)c(OCC)c2)NC(=O)N1. The van der Waals surface area contributed by atoms with Gasteiger partial charge in [-0.1, -0.05) is 19.4 Å². The first-order valence-corrected chi connectivity index (χ1v) is 9.42. The Morgan fingerprint density at radius 3 is 2.37 bits per heavy atom. The topological polar surface area (TPSA) is 85.9 Å². The molecule has 2 rings (SSSR count). The Balaban J connectivity index is 2.51. The number of carbonyl (C=O) groups is 2. The van der Waals surface area contributed by atoms with Crippen molar-refractivity contribution in [3.05, 3.63) is 35.0 Å². The van der Waals surface area contributed by atoms with Gasteiger partial charge in [0.2, 0.25) is 0 Å². The lowest BCUT2D eigenvalue weighted by Gasteiger charge is -2.29. The summed E-state index contributed by atoms with van der Waals surface area (Å²) in [5.41, 5.74) is 1.75. The lowest BCUT2D eigenvalue weighted by Crippen LogP contribution is -2.46. The zero-order valence-corrected chi connectivity index (χ0v) is 16.4. The molecule has 0 radical (unpaired) electrons. The van der Waals surface area contributed by atoms with Crippen LogP contribution in [0.15, 0.2) is 29.5 Å². The van der Waals surface area contributed by atoms with Crippen LogP contribution in [0.1, 0.15) is 52.1 Å². The average molecular weight is 376 g/mol. The maximum atomic E-state index is 12.6. The minimum atomic E-state index is -0.616. The normalized spacial score (nSPS) is 16.4. The first-order valence-electron chi connectivity index (χ1n) is 9.42. The summed E-state index contributed by atoms with van der Waals surface area (Å²) in [4.78, 5) is 24.8. The third-order valence-corrected chi connectivity index (χ3v) is 4.05. The molecule has 0 fully saturated rings. The standard InChI is InChI=1S/C20H28N2O5/c1-5-9-14-17(19(23)27-8-4)18(22-20(24)21-14)13-10-11-15(25-6-2)16(12-13)26-7-3/h10-12,18H,5-9H2,1-4H3,(H2,21,22,24). The summed E-state index contributed by atoms with van der Waals surface area (Å²) in [5, 5.41) is 5.58. The van der Waals surface area contributed by atoms with E-state index < -0.39 is 12.0 Å². The molecule has 0 saturated carbocycles. The molecule has 0 saturated heterocycles. The van der Waals surface area contributed by atoms with Crippen LogP contribution in [-0.2, 0) is 9.53 Å². The van der Waals surface area contributed by atoms with Crippen LogP contribution in [0.25, 0.3) is 0 Å². The van der Waals surface area contributed by atoms with Crippen LogP contribution in [0.3, 0.4) is 0 Å². The molecule has 1 aliphatic heterocycles. The van der Waals surface area contributed by atoms with Crippen molar-refractivity contribution in [3.8, 4) is 11.5 Å². The molecule has 1 aromatic rings. The highest BCUT2D eigenvalue weighted by atomic mass is 16.5.